The van der Waals surface area contributed by atoms with Crippen LogP contribution in [0.1, 0.15) is 64.7 Å². The molecule has 4 atom stereocenters. The Hall–Kier alpha value is 0.730. The van der Waals surface area contributed by atoms with Crippen LogP contribution in [0.25, 0.3) is 0 Å². The van der Waals surface area contributed by atoms with Gasteiger partial charge in [-0.2, -0.15) is 0 Å². The fourth-order valence-electron chi connectivity index (χ4n) is 4.56. The Balaban J connectivity index is 1.82. The van der Waals surface area contributed by atoms with Crippen molar-refractivity contribution in [3.05, 3.63) is 0 Å². The molecule has 4 aliphatic rings. The molecule has 0 aromatic heterocycles. The van der Waals surface area contributed by atoms with Crippen LogP contribution in [0, 0.1) is 17.3 Å². The van der Waals surface area contributed by atoms with Crippen LogP contribution in [0.3, 0.4) is 0 Å². The number of hydrogen-bond acceptors (Lipinski definition) is 0. The molecule has 0 aromatic rings. The zero-order valence-corrected chi connectivity index (χ0v) is 12.1. The first-order chi connectivity index (χ1) is 7.15. The summed E-state index contributed by atoms with van der Waals surface area (Å²) in [5, 5.41) is 0. The molecule has 0 amide bonds. The predicted octanol–water partition coefficient (Wildman–Crippen LogP) is 4.95. The lowest BCUT2D eigenvalue weighted by molar-refractivity contribution is 0.174. The molecule has 0 nitrogen and oxygen atoms in total. The summed E-state index contributed by atoms with van der Waals surface area (Å²) >= 11 is 2.82. The lowest BCUT2D eigenvalue weighted by Gasteiger charge is -2.41. The summed E-state index contributed by atoms with van der Waals surface area (Å²) < 4.78 is 0.694. The second kappa shape index (κ2) is 3.61. The number of rotatable bonds is 0. The summed E-state index contributed by atoms with van der Waals surface area (Å²) in [6.07, 6.45) is 13.7. The van der Waals surface area contributed by atoms with E-state index in [1.807, 2.05) is 0 Å². The first kappa shape index (κ1) is 10.9. The third-order valence-electron chi connectivity index (χ3n) is 5.56. The van der Waals surface area contributed by atoms with Crippen molar-refractivity contribution >= 4 is 22.6 Å². The van der Waals surface area contributed by atoms with Crippen LogP contribution in [0.15, 0.2) is 0 Å². The molecule has 4 aliphatic carbocycles. The van der Waals surface area contributed by atoms with Crippen molar-refractivity contribution in [2.45, 2.75) is 68.1 Å². The van der Waals surface area contributed by atoms with E-state index in [2.05, 4.69) is 29.5 Å². The maximum absolute atomic E-state index is 2.82. The van der Waals surface area contributed by atoms with E-state index in [-0.39, 0.29) is 0 Å². The van der Waals surface area contributed by atoms with Crippen molar-refractivity contribution in [2.75, 3.05) is 0 Å². The van der Waals surface area contributed by atoms with Gasteiger partial charge in [-0.05, 0) is 49.4 Å². The molecule has 4 fully saturated rings. The van der Waals surface area contributed by atoms with Gasteiger partial charge in [0.05, 0.1) is 0 Å². The molecule has 3 unspecified atom stereocenters. The fraction of sp³-hybridized carbons (Fsp3) is 1.00. The average Bonchev–Trinajstić information content (AvgIpc) is 2.86. The summed E-state index contributed by atoms with van der Waals surface area (Å²) in [5.74, 6) is 2.14. The number of hydrogen-bond donors (Lipinski definition) is 0. The van der Waals surface area contributed by atoms with Gasteiger partial charge in [-0.25, -0.2) is 0 Å². The molecule has 4 rings (SSSR count). The van der Waals surface area contributed by atoms with Crippen LogP contribution in [-0.2, 0) is 0 Å². The van der Waals surface area contributed by atoms with Gasteiger partial charge in [-0.3, -0.25) is 0 Å². The molecule has 1 heteroatoms. The Kier molecular flexibility index (Phi) is 2.61. The molecule has 1 spiro atoms. The van der Waals surface area contributed by atoms with Crippen LogP contribution in [0.5, 0.6) is 0 Å². The summed E-state index contributed by atoms with van der Waals surface area (Å²) in [7, 11) is 0. The zero-order chi connectivity index (χ0) is 10.5. The van der Waals surface area contributed by atoms with E-state index in [4.69, 9.17) is 0 Å². The normalized spacial score (nSPS) is 54.8. The van der Waals surface area contributed by atoms with Gasteiger partial charge < -0.3 is 0 Å². The first-order valence-corrected chi connectivity index (χ1v) is 7.91. The molecule has 0 aliphatic heterocycles. The van der Waals surface area contributed by atoms with E-state index in [1.54, 1.807) is 19.3 Å². The van der Waals surface area contributed by atoms with Gasteiger partial charge in [0.25, 0.3) is 0 Å². The van der Waals surface area contributed by atoms with Gasteiger partial charge in [0.1, 0.15) is 0 Å². The smallest absolute Gasteiger partial charge is 0.0228 e. The number of halogens is 1. The minimum absolute atomic E-state index is 0.694. The standard InChI is InChI=1S/C14H23I/c1-11-8-13(15)6-4-2-3-5-7-14(11)10-12(14)9-13/h11-12H,2-10H2,1H3/t11?,12?,13?,14-/m0/s1. The van der Waals surface area contributed by atoms with Crippen LogP contribution < -0.4 is 0 Å². The third-order valence-corrected chi connectivity index (χ3v) is 6.98. The van der Waals surface area contributed by atoms with Crippen LogP contribution in [-0.4, -0.2) is 3.42 Å². The van der Waals surface area contributed by atoms with Crippen LogP contribution in [0.2, 0.25) is 0 Å². The van der Waals surface area contributed by atoms with E-state index in [0.717, 1.165) is 17.3 Å². The lowest BCUT2D eigenvalue weighted by atomic mass is 9.70. The van der Waals surface area contributed by atoms with Crippen molar-refractivity contribution in [2.24, 2.45) is 17.3 Å². The Bertz CT molecular complexity index is 262. The van der Waals surface area contributed by atoms with Crippen molar-refractivity contribution in [3.63, 3.8) is 0 Å². The van der Waals surface area contributed by atoms with E-state index in [9.17, 15) is 0 Å². The van der Waals surface area contributed by atoms with E-state index >= 15 is 0 Å². The quantitative estimate of drug-likeness (QED) is 0.438. The van der Waals surface area contributed by atoms with Gasteiger partial charge in [-0.1, -0.05) is 55.2 Å². The maximum atomic E-state index is 2.82. The Morgan fingerprint density at radius 2 is 1.67 bits per heavy atom. The fourth-order valence-corrected chi connectivity index (χ4v) is 6.14. The third kappa shape index (κ3) is 1.77. The summed E-state index contributed by atoms with van der Waals surface area (Å²) in [6, 6.07) is 0. The maximum Gasteiger partial charge on any atom is 0.0228 e. The largest absolute Gasteiger partial charge is 0.0789 e. The highest BCUT2D eigenvalue weighted by Crippen LogP contribution is 2.70. The van der Waals surface area contributed by atoms with Gasteiger partial charge >= 0.3 is 0 Å². The number of fused-ring (bicyclic) bond motifs is 6. The van der Waals surface area contributed by atoms with E-state index in [0.29, 0.717) is 3.42 Å². The predicted molar refractivity (Wildman–Crippen MR) is 73.4 cm³/mol. The van der Waals surface area contributed by atoms with Gasteiger partial charge in [0.15, 0.2) is 0 Å². The topological polar surface area (TPSA) is 0 Å². The number of alkyl halides is 1. The highest BCUT2D eigenvalue weighted by atomic mass is 127. The molecule has 4 saturated carbocycles. The van der Waals surface area contributed by atoms with Crippen LogP contribution >= 0.6 is 22.6 Å². The second-order valence-electron chi connectivity index (χ2n) is 6.51. The van der Waals surface area contributed by atoms with Crippen molar-refractivity contribution in [1.29, 1.82) is 0 Å². The summed E-state index contributed by atoms with van der Waals surface area (Å²) in [6.45, 7) is 2.55. The van der Waals surface area contributed by atoms with Gasteiger partial charge in [-0.15, -0.1) is 0 Å². The van der Waals surface area contributed by atoms with Gasteiger partial charge in [0, 0.05) is 3.42 Å². The van der Waals surface area contributed by atoms with Crippen LogP contribution in [0.4, 0.5) is 0 Å². The highest BCUT2D eigenvalue weighted by molar-refractivity contribution is 14.1. The molecule has 2 bridgehead atoms. The molecule has 0 radical (unpaired) electrons. The molecule has 86 valence electrons. The van der Waals surface area contributed by atoms with E-state index in [1.165, 1.54) is 38.5 Å². The highest BCUT2D eigenvalue weighted by Gasteiger charge is 2.62. The minimum atomic E-state index is 0.694. The molecular formula is C14H23I. The molecule has 0 aromatic carbocycles. The molecule has 0 N–H and O–H groups in total. The Morgan fingerprint density at radius 3 is 2.40 bits per heavy atom. The first-order valence-electron chi connectivity index (χ1n) is 6.84. The van der Waals surface area contributed by atoms with Crippen molar-refractivity contribution in [3.8, 4) is 0 Å². The SMILES string of the molecule is CC1CC2(I)CCCCCC[C@]13CC3C2. The van der Waals surface area contributed by atoms with E-state index < -0.39 is 0 Å². The minimum Gasteiger partial charge on any atom is -0.0789 e. The Morgan fingerprint density at radius 1 is 0.933 bits per heavy atom. The average molecular weight is 318 g/mol. The summed E-state index contributed by atoms with van der Waals surface area (Å²) in [4.78, 5) is 0. The second-order valence-corrected chi connectivity index (χ2v) is 8.80. The lowest BCUT2D eigenvalue weighted by Crippen LogP contribution is -2.35. The molecule has 0 saturated heterocycles. The zero-order valence-electron chi connectivity index (χ0n) is 9.90. The summed E-state index contributed by atoms with van der Waals surface area (Å²) in [5.41, 5.74) is 0.839. The van der Waals surface area contributed by atoms with Gasteiger partial charge in [0.2, 0.25) is 0 Å². The van der Waals surface area contributed by atoms with Crippen molar-refractivity contribution < 1.29 is 0 Å². The molecular weight excluding hydrogens is 295 g/mol. The Labute approximate surface area is 108 Å². The molecule has 15 heavy (non-hydrogen) atoms. The molecule has 0 heterocycles. The van der Waals surface area contributed by atoms with Crippen molar-refractivity contribution in [1.82, 2.24) is 0 Å². The monoisotopic (exact) mass is 318 g/mol.